The number of para-hydroxylation sites is 1. The molecule has 0 unspecified atom stereocenters. The second-order valence-corrected chi connectivity index (χ2v) is 6.46. The molecule has 1 aliphatic carbocycles. The maximum atomic E-state index is 12.1. The third kappa shape index (κ3) is 3.74. The van der Waals surface area contributed by atoms with Crippen LogP contribution in [0, 0.1) is 0 Å². The average molecular weight is 348 g/mol. The molecular formula is C20H20N4O2. The highest BCUT2D eigenvalue weighted by atomic mass is 16.5. The second kappa shape index (κ2) is 7.39. The molecule has 6 nitrogen and oxygen atoms in total. The SMILES string of the molecule is O=C(Nc1ccccc1)Nc1cccc(-c2noc(C3CCCC3)n2)c1. The fourth-order valence-corrected chi connectivity index (χ4v) is 3.24. The molecule has 4 rings (SSSR count). The summed E-state index contributed by atoms with van der Waals surface area (Å²) >= 11 is 0. The van der Waals surface area contributed by atoms with Crippen LogP contribution in [-0.4, -0.2) is 16.2 Å². The lowest BCUT2D eigenvalue weighted by atomic mass is 10.1. The van der Waals surface area contributed by atoms with Crippen LogP contribution in [0.15, 0.2) is 59.1 Å². The molecule has 3 aromatic rings. The summed E-state index contributed by atoms with van der Waals surface area (Å²) in [5, 5.41) is 9.72. The van der Waals surface area contributed by atoms with Crippen molar-refractivity contribution in [3.05, 3.63) is 60.5 Å². The van der Waals surface area contributed by atoms with E-state index in [9.17, 15) is 4.79 Å². The van der Waals surface area contributed by atoms with Crippen LogP contribution in [0.2, 0.25) is 0 Å². The van der Waals surface area contributed by atoms with E-state index in [1.54, 1.807) is 0 Å². The highest BCUT2D eigenvalue weighted by Gasteiger charge is 2.23. The van der Waals surface area contributed by atoms with E-state index >= 15 is 0 Å². The number of rotatable bonds is 4. The summed E-state index contributed by atoms with van der Waals surface area (Å²) in [5.74, 6) is 1.66. The van der Waals surface area contributed by atoms with Crippen LogP contribution in [-0.2, 0) is 0 Å². The number of hydrogen-bond acceptors (Lipinski definition) is 4. The number of carbonyl (C=O) groups is 1. The molecule has 0 bridgehead atoms. The van der Waals surface area contributed by atoms with Gasteiger partial charge in [0.2, 0.25) is 11.7 Å². The molecule has 2 aromatic carbocycles. The van der Waals surface area contributed by atoms with Crippen molar-refractivity contribution >= 4 is 17.4 Å². The van der Waals surface area contributed by atoms with Crippen molar-refractivity contribution in [3.63, 3.8) is 0 Å². The lowest BCUT2D eigenvalue weighted by molar-refractivity contribution is 0.262. The van der Waals surface area contributed by atoms with E-state index < -0.39 is 0 Å². The molecule has 0 saturated heterocycles. The summed E-state index contributed by atoms with van der Waals surface area (Å²) in [4.78, 5) is 16.7. The molecule has 26 heavy (non-hydrogen) atoms. The first-order valence-electron chi connectivity index (χ1n) is 8.85. The molecular weight excluding hydrogens is 328 g/mol. The number of benzene rings is 2. The quantitative estimate of drug-likeness (QED) is 0.692. The highest BCUT2D eigenvalue weighted by Crippen LogP contribution is 2.34. The number of nitrogens with one attached hydrogen (secondary N) is 2. The molecule has 2 N–H and O–H groups in total. The van der Waals surface area contributed by atoms with Crippen LogP contribution in [0.25, 0.3) is 11.4 Å². The van der Waals surface area contributed by atoms with Crippen molar-refractivity contribution in [3.8, 4) is 11.4 Å². The average Bonchev–Trinajstić information content (AvgIpc) is 3.34. The molecule has 0 atom stereocenters. The third-order valence-electron chi connectivity index (χ3n) is 4.56. The van der Waals surface area contributed by atoms with Crippen LogP contribution < -0.4 is 10.6 Å². The Balaban J connectivity index is 1.45. The third-order valence-corrected chi connectivity index (χ3v) is 4.56. The summed E-state index contributed by atoms with van der Waals surface area (Å²) in [6, 6.07) is 16.4. The summed E-state index contributed by atoms with van der Waals surface area (Å²) in [7, 11) is 0. The number of amides is 2. The lowest BCUT2D eigenvalue weighted by Gasteiger charge is -2.08. The topological polar surface area (TPSA) is 80.0 Å². The molecule has 6 heteroatoms. The number of hydrogen-bond donors (Lipinski definition) is 2. The number of urea groups is 1. The van der Waals surface area contributed by atoms with E-state index in [2.05, 4.69) is 20.8 Å². The first kappa shape index (κ1) is 16.3. The van der Waals surface area contributed by atoms with Gasteiger partial charge in [-0.15, -0.1) is 0 Å². The summed E-state index contributed by atoms with van der Waals surface area (Å²) in [5.41, 5.74) is 2.22. The number of carbonyl (C=O) groups excluding carboxylic acids is 1. The fourth-order valence-electron chi connectivity index (χ4n) is 3.24. The maximum absolute atomic E-state index is 12.1. The minimum Gasteiger partial charge on any atom is -0.339 e. The Hall–Kier alpha value is -3.15. The van der Waals surface area contributed by atoms with Crippen LogP contribution >= 0.6 is 0 Å². The molecule has 1 fully saturated rings. The van der Waals surface area contributed by atoms with E-state index in [1.165, 1.54) is 12.8 Å². The number of anilines is 2. The smallest absolute Gasteiger partial charge is 0.323 e. The zero-order valence-electron chi connectivity index (χ0n) is 14.3. The van der Waals surface area contributed by atoms with E-state index in [-0.39, 0.29) is 6.03 Å². The Bertz CT molecular complexity index is 886. The predicted molar refractivity (Wildman–Crippen MR) is 100 cm³/mol. The Morgan fingerprint density at radius 3 is 2.50 bits per heavy atom. The molecule has 2 amide bonds. The molecule has 0 aliphatic heterocycles. The first-order valence-corrected chi connectivity index (χ1v) is 8.85. The van der Waals surface area contributed by atoms with Gasteiger partial charge in [-0.25, -0.2) is 4.79 Å². The largest absolute Gasteiger partial charge is 0.339 e. The van der Waals surface area contributed by atoms with Gasteiger partial charge in [0.25, 0.3) is 0 Å². The molecule has 132 valence electrons. The summed E-state index contributed by atoms with van der Waals surface area (Å²) < 4.78 is 5.44. The Labute approximate surface area is 151 Å². The summed E-state index contributed by atoms with van der Waals surface area (Å²) in [6.45, 7) is 0. The van der Waals surface area contributed by atoms with E-state index in [1.807, 2.05) is 54.6 Å². The van der Waals surface area contributed by atoms with Gasteiger partial charge in [0.15, 0.2) is 0 Å². The van der Waals surface area contributed by atoms with Gasteiger partial charge in [-0.1, -0.05) is 48.3 Å². The standard InChI is InChI=1S/C20H20N4O2/c25-20(21-16-10-2-1-3-11-16)22-17-12-6-9-15(13-17)18-23-19(26-24-18)14-7-4-5-8-14/h1-3,6,9-14H,4-5,7-8H2,(H2,21,22,25). The van der Waals surface area contributed by atoms with Gasteiger partial charge in [0.05, 0.1) is 0 Å². The first-order chi connectivity index (χ1) is 12.8. The van der Waals surface area contributed by atoms with Gasteiger partial charge in [-0.3, -0.25) is 0 Å². The Morgan fingerprint density at radius 1 is 0.962 bits per heavy atom. The van der Waals surface area contributed by atoms with Crippen LogP contribution in [0.5, 0.6) is 0 Å². The van der Waals surface area contributed by atoms with Gasteiger partial charge in [0.1, 0.15) is 0 Å². The molecule has 0 radical (unpaired) electrons. The molecule has 1 aromatic heterocycles. The van der Waals surface area contributed by atoms with E-state index in [0.29, 0.717) is 17.4 Å². The second-order valence-electron chi connectivity index (χ2n) is 6.46. The Kier molecular flexibility index (Phi) is 4.64. The van der Waals surface area contributed by atoms with Crippen LogP contribution in [0.3, 0.4) is 0 Å². The van der Waals surface area contributed by atoms with Gasteiger partial charge < -0.3 is 15.2 Å². The summed E-state index contributed by atoms with van der Waals surface area (Å²) in [6.07, 6.45) is 4.67. The normalized spacial score (nSPS) is 14.3. The fraction of sp³-hybridized carbons (Fsp3) is 0.250. The van der Waals surface area contributed by atoms with Crippen LogP contribution in [0.1, 0.15) is 37.5 Å². The van der Waals surface area contributed by atoms with E-state index in [0.717, 1.165) is 30.0 Å². The minimum atomic E-state index is -0.298. The van der Waals surface area contributed by atoms with Crippen molar-refractivity contribution in [2.45, 2.75) is 31.6 Å². The van der Waals surface area contributed by atoms with Crippen molar-refractivity contribution in [2.24, 2.45) is 0 Å². The number of nitrogens with zero attached hydrogens (tertiary/aromatic N) is 2. The minimum absolute atomic E-state index is 0.298. The molecule has 0 spiro atoms. The van der Waals surface area contributed by atoms with Crippen LogP contribution in [0.4, 0.5) is 16.2 Å². The maximum Gasteiger partial charge on any atom is 0.323 e. The van der Waals surface area contributed by atoms with Crippen molar-refractivity contribution < 1.29 is 9.32 Å². The Morgan fingerprint density at radius 2 is 1.69 bits per heavy atom. The van der Waals surface area contributed by atoms with Gasteiger partial charge >= 0.3 is 6.03 Å². The molecule has 1 heterocycles. The van der Waals surface area contributed by atoms with Crippen molar-refractivity contribution in [1.29, 1.82) is 0 Å². The van der Waals surface area contributed by atoms with Gasteiger partial charge in [-0.2, -0.15) is 4.98 Å². The van der Waals surface area contributed by atoms with E-state index in [4.69, 9.17) is 4.52 Å². The zero-order valence-corrected chi connectivity index (χ0v) is 14.3. The molecule has 1 aliphatic rings. The highest BCUT2D eigenvalue weighted by molar-refractivity contribution is 6.00. The lowest BCUT2D eigenvalue weighted by Crippen LogP contribution is -2.19. The van der Waals surface area contributed by atoms with Crippen molar-refractivity contribution in [2.75, 3.05) is 10.6 Å². The van der Waals surface area contributed by atoms with Gasteiger partial charge in [0, 0.05) is 22.9 Å². The molecule has 1 saturated carbocycles. The van der Waals surface area contributed by atoms with Gasteiger partial charge in [-0.05, 0) is 37.1 Å². The zero-order chi connectivity index (χ0) is 17.8. The number of aromatic nitrogens is 2. The predicted octanol–water partition coefficient (Wildman–Crippen LogP) is 5.04. The van der Waals surface area contributed by atoms with Crippen molar-refractivity contribution in [1.82, 2.24) is 10.1 Å². The monoisotopic (exact) mass is 348 g/mol.